The van der Waals surface area contributed by atoms with Crippen molar-refractivity contribution < 1.29 is 14.3 Å². The minimum absolute atomic E-state index is 0.0485. The Morgan fingerprint density at radius 2 is 1.45 bits per heavy atom. The molecule has 0 spiro atoms. The summed E-state index contributed by atoms with van der Waals surface area (Å²) in [4.78, 5) is 27.1. The summed E-state index contributed by atoms with van der Waals surface area (Å²) in [6.45, 7) is 1.85. The van der Waals surface area contributed by atoms with Crippen molar-refractivity contribution in [3.63, 3.8) is 0 Å². The molecule has 0 unspecified atom stereocenters. The fourth-order valence-corrected chi connectivity index (χ4v) is 3.96. The number of carbonyl (C=O) groups excluding carboxylic acids is 2. The van der Waals surface area contributed by atoms with Crippen LogP contribution in [0.5, 0.6) is 11.5 Å². The van der Waals surface area contributed by atoms with E-state index < -0.39 is 0 Å². The SMILES string of the molecule is O=C(CN1CCC(NC(=O)Cc2ccccc2)CC1)Nc1ccccc1Oc1ccccc1. The molecule has 0 saturated carbocycles. The number of carbonyl (C=O) groups is 2. The highest BCUT2D eigenvalue weighted by molar-refractivity contribution is 5.93. The number of piperidine rings is 1. The number of anilines is 1. The number of nitrogens with zero attached hydrogens (tertiary/aromatic N) is 1. The zero-order valence-electron chi connectivity index (χ0n) is 18.6. The van der Waals surface area contributed by atoms with Crippen LogP contribution in [0, 0.1) is 0 Å². The van der Waals surface area contributed by atoms with Crippen molar-refractivity contribution in [1.82, 2.24) is 10.2 Å². The molecule has 2 amide bonds. The molecular formula is C27H29N3O3. The maximum atomic E-state index is 12.7. The monoisotopic (exact) mass is 443 g/mol. The van der Waals surface area contributed by atoms with E-state index in [1.807, 2.05) is 84.9 Å². The summed E-state index contributed by atoms with van der Waals surface area (Å²) >= 11 is 0. The van der Waals surface area contributed by atoms with Gasteiger partial charge in [-0.15, -0.1) is 0 Å². The van der Waals surface area contributed by atoms with Gasteiger partial charge in [0.25, 0.3) is 0 Å². The van der Waals surface area contributed by atoms with Gasteiger partial charge in [-0.2, -0.15) is 0 Å². The van der Waals surface area contributed by atoms with E-state index >= 15 is 0 Å². The van der Waals surface area contributed by atoms with Crippen LogP contribution in [0.1, 0.15) is 18.4 Å². The second-order valence-corrected chi connectivity index (χ2v) is 8.24. The molecule has 0 atom stereocenters. The molecule has 4 rings (SSSR count). The highest BCUT2D eigenvalue weighted by atomic mass is 16.5. The van der Waals surface area contributed by atoms with Crippen molar-refractivity contribution in [2.24, 2.45) is 0 Å². The smallest absolute Gasteiger partial charge is 0.238 e. The normalized spacial score (nSPS) is 14.4. The topological polar surface area (TPSA) is 70.7 Å². The summed E-state index contributed by atoms with van der Waals surface area (Å²) in [7, 11) is 0. The number of rotatable bonds is 8. The molecule has 1 heterocycles. The van der Waals surface area contributed by atoms with E-state index in [4.69, 9.17) is 4.74 Å². The van der Waals surface area contributed by atoms with Crippen molar-refractivity contribution in [2.75, 3.05) is 25.0 Å². The van der Waals surface area contributed by atoms with E-state index in [9.17, 15) is 9.59 Å². The van der Waals surface area contributed by atoms with Crippen LogP contribution in [0.25, 0.3) is 0 Å². The van der Waals surface area contributed by atoms with Gasteiger partial charge in [0, 0.05) is 19.1 Å². The number of likely N-dealkylation sites (tertiary alicyclic amines) is 1. The van der Waals surface area contributed by atoms with E-state index in [1.54, 1.807) is 0 Å². The molecule has 6 heteroatoms. The van der Waals surface area contributed by atoms with Gasteiger partial charge in [0.15, 0.2) is 5.75 Å². The molecule has 170 valence electrons. The van der Waals surface area contributed by atoms with Crippen molar-refractivity contribution in [1.29, 1.82) is 0 Å². The lowest BCUT2D eigenvalue weighted by molar-refractivity contribution is -0.122. The molecule has 1 aliphatic rings. The van der Waals surface area contributed by atoms with Gasteiger partial charge in [-0.1, -0.05) is 60.7 Å². The Bertz CT molecular complexity index is 1050. The Balaban J connectivity index is 1.22. The third-order valence-electron chi connectivity index (χ3n) is 5.66. The summed E-state index contributed by atoms with van der Waals surface area (Å²) in [5, 5.41) is 6.10. The van der Waals surface area contributed by atoms with Crippen LogP contribution in [0.3, 0.4) is 0 Å². The molecule has 2 N–H and O–H groups in total. The highest BCUT2D eigenvalue weighted by Crippen LogP contribution is 2.29. The Morgan fingerprint density at radius 1 is 0.818 bits per heavy atom. The van der Waals surface area contributed by atoms with Crippen LogP contribution in [-0.2, 0) is 16.0 Å². The lowest BCUT2D eigenvalue weighted by Crippen LogP contribution is -2.46. The van der Waals surface area contributed by atoms with E-state index in [1.165, 1.54) is 0 Å². The first kappa shape index (κ1) is 22.6. The Hall–Kier alpha value is -3.64. The van der Waals surface area contributed by atoms with Crippen molar-refractivity contribution >= 4 is 17.5 Å². The predicted molar refractivity (Wildman–Crippen MR) is 129 cm³/mol. The van der Waals surface area contributed by atoms with Crippen LogP contribution in [0.4, 0.5) is 5.69 Å². The van der Waals surface area contributed by atoms with Gasteiger partial charge in [0.05, 0.1) is 18.7 Å². The van der Waals surface area contributed by atoms with Crippen LogP contribution < -0.4 is 15.4 Å². The molecular weight excluding hydrogens is 414 g/mol. The number of para-hydroxylation sites is 3. The van der Waals surface area contributed by atoms with Gasteiger partial charge in [-0.3, -0.25) is 14.5 Å². The molecule has 1 fully saturated rings. The molecule has 6 nitrogen and oxygen atoms in total. The minimum atomic E-state index is -0.0781. The van der Waals surface area contributed by atoms with Gasteiger partial charge in [-0.25, -0.2) is 0 Å². The summed E-state index contributed by atoms with van der Waals surface area (Å²) in [5.74, 6) is 1.30. The second kappa shape index (κ2) is 11.3. The van der Waals surface area contributed by atoms with Gasteiger partial charge < -0.3 is 15.4 Å². The van der Waals surface area contributed by atoms with Gasteiger partial charge in [-0.05, 0) is 42.7 Å². The number of benzene rings is 3. The fourth-order valence-electron chi connectivity index (χ4n) is 3.96. The first-order chi connectivity index (χ1) is 16.2. The molecule has 0 aliphatic carbocycles. The van der Waals surface area contributed by atoms with E-state index in [2.05, 4.69) is 15.5 Å². The second-order valence-electron chi connectivity index (χ2n) is 8.24. The molecule has 0 bridgehead atoms. The Kier molecular flexibility index (Phi) is 7.72. The molecule has 33 heavy (non-hydrogen) atoms. The van der Waals surface area contributed by atoms with Gasteiger partial charge >= 0.3 is 0 Å². The van der Waals surface area contributed by atoms with Crippen molar-refractivity contribution in [2.45, 2.75) is 25.3 Å². The van der Waals surface area contributed by atoms with Crippen LogP contribution in [-0.4, -0.2) is 42.4 Å². The minimum Gasteiger partial charge on any atom is -0.455 e. The maximum Gasteiger partial charge on any atom is 0.238 e. The average molecular weight is 444 g/mol. The Labute approximate surface area is 194 Å². The Morgan fingerprint density at radius 3 is 2.18 bits per heavy atom. The third kappa shape index (κ3) is 6.92. The standard InChI is InChI=1S/C27H29N3O3/c31-26(19-21-9-3-1-4-10-21)28-22-15-17-30(18-16-22)20-27(32)29-24-13-7-8-14-25(24)33-23-11-5-2-6-12-23/h1-14,22H,15-20H2,(H,28,31)(H,29,32). The van der Waals surface area contributed by atoms with Crippen LogP contribution >= 0.6 is 0 Å². The number of hydrogen-bond donors (Lipinski definition) is 2. The third-order valence-corrected chi connectivity index (χ3v) is 5.66. The largest absolute Gasteiger partial charge is 0.455 e. The summed E-state index contributed by atoms with van der Waals surface area (Å²) < 4.78 is 5.93. The van der Waals surface area contributed by atoms with E-state index in [0.717, 1.165) is 37.2 Å². The van der Waals surface area contributed by atoms with Gasteiger partial charge in [0.1, 0.15) is 5.75 Å². The molecule has 0 aromatic heterocycles. The van der Waals surface area contributed by atoms with Crippen molar-refractivity contribution in [3.8, 4) is 11.5 Å². The lowest BCUT2D eigenvalue weighted by Gasteiger charge is -2.31. The molecule has 3 aromatic rings. The first-order valence-electron chi connectivity index (χ1n) is 11.3. The molecule has 1 aliphatic heterocycles. The van der Waals surface area contributed by atoms with E-state index in [0.29, 0.717) is 24.4 Å². The number of amides is 2. The molecule has 0 radical (unpaired) electrons. The summed E-state index contributed by atoms with van der Waals surface area (Å²) in [5.41, 5.74) is 1.66. The van der Waals surface area contributed by atoms with Crippen LogP contribution in [0.2, 0.25) is 0 Å². The quantitative estimate of drug-likeness (QED) is 0.546. The number of nitrogens with one attached hydrogen (secondary N) is 2. The van der Waals surface area contributed by atoms with E-state index in [-0.39, 0.29) is 17.9 Å². The zero-order chi connectivity index (χ0) is 22.9. The van der Waals surface area contributed by atoms with Crippen LogP contribution in [0.15, 0.2) is 84.9 Å². The summed E-state index contributed by atoms with van der Waals surface area (Å²) in [6, 6.07) is 26.8. The average Bonchev–Trinajstić information content (AvgIpc) is 2.83. The number of hydrogen-bond acceptors (Lipinski definition) is 4. The number of ether oxygens (including phenoxy) is 1. The molecule has 3 aromatic carbocycles. The maximum absolute atomic E-state index is 12.7. The first-order valence-corrected chi connectivity index (χ1v) is 11.3. The fraction of sp³-hybridized carbons (Fsp3) is 0.259. The zero-order valence-corrected chi connectivity index (χ0v) is 18.6. The van der Waals surface area contributed by atoms with Crippen molar-refractivity contribution in [3.05, 3.63) is 90.5 Å². The summed E-state index contributed by atoms with van der Waals surface area (Å²) in [6.07, 6.45) is 2.07. The molecule has 1 saturated heterocycles. The highest BCUT2D eigenvalue weighted by Gasteiger charge is 2.22. The van der Waals surface area contributed by atoms with Gasteiger partial charge in [0.2, 0.25) is 11.8 Å². The predicted octanol–water partition coefficient (Wildman–Crippen LogP) is 4.24. The lowest BCUT2D eigenvalue weighted by atomic mass is 10.0.